The molecule has 4 heteroatoms. The highest BCUT2D eigenvalue weighted by Crippen LogP contribution is 2.20. The number of aliphatic hydroxyl groups is 1. The molecule has 2 aromatic rings. The maximum absolute atomic E-state index is 12.2. The van der Waals surface area contributed by atoms with Gasteiger partial charge in [0.25, 0.3) is 0 Å². The first kappa shape index (κ1) is 13.6. The maximum atomic E-state index is 12.2. The van der Waals surface area contributed by atoms with E-state index in [1.54, 1.807) is 0 Å². The summed E-state index contributed by atoms with van der Waals surface area (Å²) >= 11 is 0. The van der Waals surface area contributed by atoms with Gasteiger partial charge in [0.15, 0.2) is 0 Å². The van der Waals surface area contributed by atoms with Gasteiger partial charge in [0, 0.05) is 24.8 Å². The van der Waals surface area contributed by atoms with E-state index in [2.05, 4.69) is 0 Å². The van der Waals surface area contributed by atoms with Crippen molar-refractivity contribution in [3.63, 3.8) is 0 Å². The Labute approximate surface area is 113 Å². The second-order valence-corrected chi connectivity index (χ2v) is 4.52. The molecule has 0 saturated heterocycles. The second kappa shape index (κ2) is 5.89. The summed E-state index contributed by atoms with van der Waals surface area (Å²) in [6, 6.07) is 7.78. The number of nitrogens with zero attached hydrogens (tertiary/aromatic N) is 2. The van der Waals surface area contributed by atoms with Crippen molar-refractivity contribution >= 4 is 16.8 Å². The normalized spacial score (nSPS) is 10.9. The van der Waals surface area contributed by atoms with Gasteiger partial charge in [0.1, 0.15) is 6.54 Å². The lowest BCUT2D eigenvalue weighted by Gasteiger charge is -2.19. The van der Waals surface area contributed by atoms with Crippen LogP contribution in [0.5, 0.6) is 0 Å². The molecular formula is C15H20N2O2. The topological polar surface area (TPSA) is 45.5 Å². The minimum atomic E-state index is -0.0131. The summed E-state index contributed by atoms with van der Waals surface area (Å²) in [6.07, 6.45) is 1.91. The number of carbonyl (C=O) groups excluding carboxylic acids is 1. The highest BCUT2D eigenvalue weighted by molar-refractivity contribution is 5.85. The van der Waals surface area contributed by atoms with E-state index in [0.717, 1.165) is 29.6 Å². The van der Waals surface area contributed by atoms with E-state index in [1.165, 1.54) is 0 Å². The summed E-state index contributed by atoms with van der Waals surface area (Å²) in [4.78, 5) is 14.0. The molecular weight excluding hydrogens is 240 g/mol. The van der Waals surface area contributed by atoms with Crippen molar-refractivity contribution in [1.82, 2.24) is 9.47 Å². The standard InChI is InChI=1S/C15H20N2O2/c1-3-16(4-2)14(19)10-17-9-8-12-6-5-7-13(11-18)15(12)17/h5-9,18H,3-4,10-11H2,1-2H3. The quantitative estimate of drug-likeness (QED) is 0.893. The van der Waals surface area contributed by atoms with Gasteiger partial charge >= 0.3 is 0 Å². The second-order valence-electron chi connectivity index (χ2n) is 4.52. The smallest absolute Gasteiger partial charge is 0.242 e. The number of para-hydroxylation sites is 1. The van der Waals surface area contributed by atoms with Gasteiger partial charge in [-0.2, -0.15) is 0 Å². The van der Waals surface area contributed by atoms with Gasteiger partial charge in [0.05, 0.1) is 12.1 Å². The van der Waals surface area contributed by atoms with Crippen LogP contribution in [0.1, 0.15) is 19.4 Å². The fraction of sp³-hybridized carbons (Fsp3) is 0.400. The van der Waals surface area contributed by atoms with Crippen LogP contribution in [0.25, 0.3) is 10.9 Å². The highest BCUT2D eigenvalue weighted by atomic mass is 16.3. The average molecular weight is 260 g/mol. The third-order valence-corrected chi connectivity index (χ3v) is 3.46. The van der Waals surface area contributed by atoms with E-state index in [-0.39, 0.29) is 12.5 Å². The molecule has 102 valence electrons. The summed E-state index contributed by atoms with van der Waals surface area (Å²) in [7, 11) is 0. The van der Waals surface area contributed by atoms with Gasteiger partial charge in [0.2, 0.25) is 5.91 Å². The van der Waals surface area contributed by atoms with Crippen LogP contribution in [0.2, 0.25) is 0 Å². The summed E-state index contributed by atoms with van der Waals surface area (Å²) in [5.41, 5.74) is 1.81. The van der Waals surface area contributed by atoms with Crippen molar-refractivity contribution < 1.29 is 9.90 Å². The van der Waals surface area contributed by atoms with Crippen molar-refractivity contribution in [2.45, 2.75) is 27.0 Å². The van der Waals surface area contributed by atoms with Gasteiger partial charge < -0.3 is 14.6 Å². The van der Waals surface area contributed by atoms with Crippen LogP contribution in [0.3, 0.4) is 0 Å². The minimum Gasteiger partial charge on any atom is -0.392 e. The first-order valence-corrected chi connectivity index (χ1v) is 6.66. The molecule has 19 heavy (non-hydrogen) atoms. The first-order valence-electron chi connectivity index (χ1n) is 6.66. The van der Waals surface area contributed by atoms with Crippen LogP contribution in [0, 0.1) is 0 Å². The number of aromatic nitrogens is 1. The van der Waals surface area contributed by atoms with Crippen molar-refractivity contribution in [1.29, 1.82) is 0 Å². The molecule has 1 amide bonds. The van der Waals surface area contributed by atoms with Gasteiger partial charge in [-0.25, -0.2) is 0 Å². The summed E-state index contributed by atoms with van der Waals surface area (Å²) in [5, 5.41) is 10.5. The number of benzene rings is 1. The number of likely N-dealkylation sites (N-methyl/N-ethyl adjacent to an activating group) is 1. The van der Waals surface area contributed by atoms with Crippen molar-refractivity contribution in [3.8, 4) is 0 Å². The van der Waals surface area contributed by atoms with Gasteiger partial charge in [-0.3, -0.25) is 4.79 Å². The molecule has 0 aliphatic carbocycles. The molecule has 0 spiro atoms. The summed E-state index contributed by atoms with van der Waals surface area (Å²) in [5.74, 6) is 0.107. The van der Waals surface area contributed by atoms with E-state index in [1.807, 2.05) is 53.8 Å². The minimum absolute atomic E-state index is 0.0131. The van der Waals surface area contributed by atoms with Gasteiger partial charge in [-0.15, -0.1) is 0 Å². The van der Waals surface area contributed by atoms with Crippen molar-refractivity contribution in [2.24, 2.45) is 0 Å². The average Bonchev–Trinajstić information content (AvgIpc) is 2.83. The fourth-order valence-electron chi connectivity index (χ4n) is 2.42. The molecule has 0 fully saturated rings. The van der Waals surface area contributed by atoms with Gasteiger partial charge in [-0.05, 0) is 25.3 Å². The monoisotopic (exact) mass is 260 g/mol. The Bertz CT molecular complexity index is 571. The lowest BCUT2D eigenvalue weighted by molar-refractivity contribution is -0.131. The van der Waals surface area contributed by atoms with Crippen LogP contribution in [-0.2, 0) is 17.9 Å². The first-order chi connectivity index (χ1) is 9.21. The van der Waals surface area contributed by atoms with Crippen LogP contribution in [0.15, 0.2) is 30.5 Å². The molecule has 0 atom stereocenters. The maximum Gasteiger partial charge on any atom is 0.242 e. The lowest BCUT2D eigenvalue weighted by atomic mass is 10.1. The molecule has 0 aliphatic heterocycles. The molecule has 1 heterocycles. The van der Waals surface area contributed by atoms with Gasteiger partial charge in [-0.1, -0.05) is 18.2 Å². The Kier molecular flexibility index (Phi) is 4.22. The van der Waals surface area contributed by atoms with Crippen molar-refractivity contribution in [2.75, 3.05) is 13.1 Å². The Balaban J connectivity index is 2.33. The number of aliphatic hydroxyl groups excluding tert-OH is 1. The molecule has 4 nitrogen and oxygen atoms in total. The molecule has 1 aromatic heterocycles. The fourth-order valence-corrected chi connectivity index (χ4v) is 2.42. The molecule has 1 aromatic carbocycles. The third-order valence-electron chi connectivity index (χ3n) is 3.46. The van der Waals surface area contributed by atoms with Crippen LogP contribution < -0.4 is 0 Å². The molecule has 0 radical (unpaired) electrons. The highest BCUT2D eigenvalue weighted by Gasteiger charge is 2.13. The molecule has 1 N–H and O–H groups in total. The molecule has 2 rings (SSSR count). The van der Waals surface area contributed by atoms with Crippen LogP contribution >= 0.6 is 0 Å². The third kappa shape index (κ3) is 2.63. The predicted molar refractivity (Wildman–Crippen MR) is 75.8 cm³/mol. The van der Waals surface area contributed by atoms with Crippen LogP contribution in [0.4, 0.5) is 0 Å². The Hall–Kier alpha value is -1.81. The van der Waals surface area contributed by atoms with E-state index < -0.39 is 0 Å². The Morgan fingerprint density at radius 2 is 2.00 bits per heavy atom. The lowest BCUT2D eigenvalue weighted by Crippen LogP contribution is -2.33. The number of hydrogen-bond acceptors (Lipinski definition) is 2. The molecule has 0 aliphatic rings. The van der Waals surface area contributed by atoms with E-state index in [0.29, 0.717) is 6.54 Å². The largest absolute Gasteiger partial charge is 0.392 e. The number of amides is 1. The Morgan fingerprint density at radius 3 is 2.63 bits per heavy atom. The zero-order valence-corrected chi connectivity index (χ0v) is 11.5. The van der Waals surface area contributed by atoms with E-state index >= 15 is 0 Å². The molecule has 0 saturated carbocycles. The molecule has 0 unspecified atom stereocenters. The summed E-state index contributed by atoms with van der Waals surface area (Å²) < 4.78 is 1.92. The predicted octanol–water partition coefficient (Wildman–Crippen LogP) is 2.00. The number of fused-ring (bicyclic) bond motifs is 1. The van der Waals surface area contributed by atoms with Crippen LogP contribution in [-0.4, -0.2) is 33.6 Å². The zero-order chi connectivity index (χ0) is 13.8. The number of rotatable bonds is 5. The zero-order valence-electron chi connectivity index (χ0n) is 11.5. The number of hydrogen-bond donors (Lipinski definition) is 1. The Morgan fingerprint density at radius 1 is 1.26 bits per heavy atom. The number of carbonyl (C=O) groups is 1. The van der Waals surface area contributed by atoms with Crippen molar-refractivity contribution in [3.05, 3.63) is 36.0 Å². The SMILES string of the molecule is CCN(CC)C(=O)Cn1ccc2cccc(CO)c21. The van der Waals surface area contributed by atoms with E-state index in [9.17, 15) is 9.90 Å². The van der Waals surface area contributed by atoms with E-state index in [4.69, 9.17) is 0 Å². The molecule has 0 bridgehead atoms. The summed E-state index contributed by atoms with van der Waals surface area (Å²) in [6.45, 7) is 5.72.